The van der Waals surface area contributed by atoms with Gasteiger partial charge in [-0.3, -0.25) is 9.59 Å². The highest BCUT2D eigenvalue weighted by Crippen LogP contribution is 2.66. The molecule has 3 aliphatic carbocycles. The molecule has 6 heteroatoms. The van der Waals surface area contributed by atoms with E-state index in [2.05, 4.69) is 13.8 Å². The van der Waals surface area contributed by atoms with Crippen LogP contribution in [0.1, 0.15) is 52.9 Å². The number of Topliss-reactive ketones (excluding diaryl/α,β-unsaturated/α-hetero) is 1. The summed E-state index contributed by atoms with van der Waals surface area (Å²) in [6.07, 6.45) is 1.19. The van der Waals surface area contributed by atoms with Crippen molar-refractivity contribution in [2.24, 2.45) is 40.9 Å². The Hall–Kier alpha value is -0.980. The van der Waals surface area contributed by atoms with Crippen LogP contribution in [0.15, 0.2) is 0 Å². The van der Waals surface area contributed by atoms with Gasteiger partial charge >= 0.3 is 5.97 Å². The molecule has 4 fully saturated rings. The second-order valence-corrected chi connectivity index (χ2v) is 9.44. The van der Waals surface area contributed by atoms with Gasteiger partial charge in [0.15, 0.2) is 6.29 Å². The van der Waals surface area contributed by atoms with E-state index in [-0.39, 0.29) is 58.8 Å². The molecule has 4 aliphatic rings. The molecule has 1 saturated heterocycles. The van der Waals surface area contributed by atoms with Crippen LogP contribution in [-0.2, 0) is 19.1 Å². The number of aliphatic hydroxyl groups excluding tert-OH is 2. The molecule has 152 valence electrons. The third kappa shape index (κ3) is 2.87. The van der Waals surface area contributed by atoms with Gasteiger partial charge in [-0.1, -0.05) is 13.8 Å². The molecule has 1 unspecified atom stereocenters. The normalized spacial score (nSPS) is 51.4. The first-order valence-electron chi connectivity index (χ1n) is 10.5. The Labute approximate surface area is 160 Å². The van der Waals surface area contributed by atoms with Gasteiger partial charge in [0, 0.05) is 25.2 Å². The van der Waals surface area contributed by atoms with Gasteiger partial charge < -0.3 is 19.7 Å². The minimum absolute atomic E-state index is 0.0377. The summed E-state index contributed by atoms with van der Waals surface area (Å²) in [6, 6.07) is 0. The number of hydrogen-bond acceptors (Lipinski definition) is 6. The second kappa shape index (κ2) is 6.82. The molecular formula is C21H32O6. The van der Waals surface area contributed by atoms with Crippen molar-refractivity contribution in [3.8, 4) is 0 Å². The second-order valence-electron chi connectivity index (χ2n) is 9.44. The van der Waals surface area contributed by atoms with E-state index in [1.165, 1.54) is 0 Å². The molecule has 0 bridgehead atoms. The van der Waals surface area contributed by atoms with Crippen molar-refractivity contribution in [1.29, 1.82) is 0 Å². The largest absolute Gasteiger partial charge is 0.466 e. The van der Waals surface area contributed by atoms with E-state index < -0.39 is 12.4 Å². The Kier molecular flexibility index (Phi) is 4.88. The molecule has 0 radical (unpaired) electrons. The molecule has 6 nitrogen and oxygen atoms in total. The van der Waals surface area contributed by atoms with Gasteiger partial charge in [-0.25, -0.2) is 0 Å². The van der Waals surface area contributed by atoms with E-state index in [0.717, 1.165) is 6.42 Å². The van der Waals surface area contributed by atoms with Crippen molar-refractivity contribution in [3.63, 3.8) is 0 Å². The maximum Gasteiger partial charge on any atom is 0.306 e. The first kappa shape index (κ1) is 19.3. The monoisotopic (exact) mass is 380 g/mol. The molecule has 1 aliphatic heterocycles. The SMILES string of the molecule is CCOC(=O)C[C@@H]1[C@@H](C)CC(=O)[C@@H]2C[C@@H](O)[C@H]3C[C@@H]4OC(O)C[C@@H]4[C@H]3[C@@]12C. The van der Waals surface area contributed by atoms with Crippen molar-refractivity contribution in [2.45, 2.75) is 71.4 Å². The molecule has 2 N–H and O–H groups in total. The summed E-state index contributed by atoms with van der Waals surface area (Å²) in [5, 5.41) is 20.9. The van der Waals surface area contributed by atoms with Crippen molar-refractivity contribution < 1.29 is 29.3 Å². The fraction of sp³-hybridized carbons (Fsp3) is 0.905. The first-order valence-corrected chi connectivity index (χ1v) is 10.5. The van der Waals surface area contributed by atoms with E-state index in [0.29, 0.717) is 32.3 Å². The van der Waals surface area contributed by atoms with Crippen LogP contribution in [0.25, 0.3) is 0 Å². The molecule has 4 rings (SSSR count). The van der Waals surface area contributed by atoms with Crippen LogP contribution in [0.3, 0.4) is 0 Å². The summed E-state index contributed by atoms with van der Waals surface area (Å²) in [7, 11) is 0. The molecule has 27 heavy (non-hydrogen) atoms. The van der Waals surface area contributed by atoms with E-state index in [1.807, 2.05) is 6.92 Å². The number of rotatable bonds is 3. The number of ether oxygens (including phenoxy) is 2. The Bertz CT molecular complexity index is 620. The maximum absolute atomic E-state index is 13.0. The topological polar surface area (TPSA) is 93.1 Å². The third-order valence-electron chi connectivity index (χ3n) is 8.24. The smallest absolute Gasteiger partial charge is 0.306 e. The van der Waals surface area contributed by atoms with Crippen molar-refractivity contribution in [1.82, 2.24) is 0 Å². The van der Waals surface area contributed by atoms with Gasteiger partial charge in [0.2, 0.25) is 0 Å². The highest BCUT2D eigenvalue weighted by Gasteiger charge is 2.66. The zero-order valence-electron chi connectivity index (χ0n) is 16.5. The number of esters is 1. The van der Waals surface area contributed by atoms with E-state index >= 15 is 0 Å². The lowest BCUT2D eigenvalue weighted by atomic mass is 9.44. The summed E-state index contributed by atoms with van der Waals surface area (Å²) >= 11 is 0. The van der Waals surface area contributed by atoms with Crippen molar-refractivity contribution in [3.05, 3.63) is 0 Å². The highest BCUT2D eigenvalue weighted by molar-refractivity contribution is 5.84. The predicted octanol–water partition coefficient (Wildman–Crippen LogP) is 1.91. The third-order valence-corrected chi connectivity index (χ3v) is 8.24. The molecule has 10 atom stereocenters. The quantitative estimate of drug-likeness (QED) is 0.727. The van der Waals surface area contributed by atoms with Gasteiger partial charge in [-0.15, -0.1) is 0 Å². The van der Waals surface area contributed by atoms with Crippen LogP contribution in [0.5, 0.6) is 0 Å². The minimum atomic E-state index is -0.762. The maximum atomic E-state index is 13.0. The van der Waals surface area contributed by atoms with Crippen LogP contribution in [0, 0.1) is 40.9 Å². The van der Waals surface area contributed by atoms with Gasteiger partial charge in [-0.2, -0.15) is 0 Å². The molecule has 0 aromatic rings. The van der Waals surface area contributed by atoms with E-state index in [4.69, 9.17) is 9.47 Å². The van der Waals surface area contributed by atoms with Crippen LogP contribution in [-0.4, -0.2) is 47.1 Å². The zero-order chi connectivity index (χ0) is 19.5. The Morgan fingerprint density at radius 1 is 1.26 bits per heavy atom. The lowest BCUT2D eigenvalue weighted by molar-refractivity contribution is -0.174. The first-order chi connectivity index (χ1) is 12.8. The summed E-state index contributed by atoms with van der Waals surface area (Å²) < 4.78 is 11.0. The molecule has 0 aromatic carbocycles. The number of ketones is 1. The molecule has 1 heterocycles. The van der Waals surface area contributed by atoms with E-state index in [1.54, 1.807) is 0 Å². The molecule has 0 amide bonds. The number of fused-ring (bicyclic) bond motifs is 5. The van der Waals surface area contributed by atoms with Crippen molar-refractivity contribution in [2.75, 3.05) is 6.61 Å². The lowest BCUT2D eigenvalue weighted by Gasteiger charge is -2.59. The Morgan fingerprint density at radius 3 is 2.70 bits per heavy atom. The van der Waals surface area contributed by atoms with Crippen LogP contribution in [0.4, 0.5) is 0 Å². The summed E-state index contributed by atoms with van der Waals surface area (Å²) in [6.45, 7) is 6.39. The van der Waals surface area contributed by atoms with Gasteiger partial charge in [0.05, 0.1) is 18.8 Å². The number of aliphatic hydroxyl groups is 2. The molecule has 0 aromatic heterocycles. The average Bonchev–Trinajstić information content (AvgIpc) is 3.11. The molecular weight excluding hydrogens is 348 g/mol. The molecule has 0 spiro atoms. The standard InChI is InChI=1S/C21H32O6/c1-4-26-18(24)9-13-10(2)5-16(23)14-8-15(22)11-6-17-12(7-19(25)27-17)20(11)21(13,14)3/h10-15,17,19-20,22,25H,4-9H2,1-3H3/t10-,11+,12-,13+,14-,15+,17-,19?,20-,21-/m0/s1. The number of hydrogen-bond donors (Lipinski definition) is 2. The molecule has 3 saturated carbocycles. The number of carbonyl (C=O) groups excluding carboxylic acids is 2. The minimum Gasteiger partial charge on any atom is -0.466 e. The fourth-order valence-corrected chi connectivity index (χ4v) is 7.32. The van der Waals surface area contributed by atoms with Crippen LogP contribution >= 0.6 is 0 Å². The van der Waals surface area contributed by atoms with Crippen molar-refractivity contribution >= 4 is 11.8 Å². The highest BCUT2D eigenvalue weighted by atomic mass is 16.6. The van der Waals surface area contributed by atoms with Crippen LogP contribution < -0.4 is 0 Å². The van der Waals surface area contributed by atoms with Gasteiger partial charge in [-0.05, 0) is 54.8 Å². The number of carbonyl (C=O) groups is 2. The van der Waals surface area contributed by atoms with Gasteiger partial charge in [0.1, 0.15) is 5.78 Å². The van der Waals surface area contributed by atoms with E-state index in [9.17, 15) is 19.8 Å². The summed E-state index contributed by atoms with van der Waals surface area (Å²) in [4.78, 5) is 25.4. The zero-order valence-corrected chi connectivity index (χ0v) is 16.5. The fourth-order valence-electron chi connectivity index (χ4n) is 7.32. The Balaban J connectivity index is 1.73. The van der Waals surface area contributed by atoms with Crippen LogP contribution in [0.2, 0.25) is 0 Å². The Morgan fingerprint density at radius 2 is 2.00 bits per heavy atom. The summed E-state index contributed by atoms with van der Waals surface area (Å²) in [5.41, 5.74) is -0.377. The lowest BCUT2D eigenvalue weighted by Crippen LogP contribution is -2.59. The summed E-state index contributed by atoms with van der Waals surface area (Å²) in [5.74, 6) is 0.197. The average molecular weight is 380 g/mol. The van der Waals surface area contributed by atoms with Gasteiger partial charge in [0.25, 0.3) is 0 Å². The predicted molar refractivity (Wildman–Crippen MR) is 96.3 cm³/mol.